The van der Waals surface area contributed by atoms with E-state index in [1.165, 1.54) is 24.3 Å². The van der Waals surface area contributed by atoms with Gasteiger partial charge in [0, 0.05) is 12.1 Å². The Morgan fingerprint density at radius 1 is 1.41 bits per heavy atom. The van der Waals surface area contributed by atoms with Gasteiger partial charge in [0.1, 0.15) is 17.3 Å². The lowest BCUT2D eigenvalue weighted by Crippen LogP contribution is -1.96. The second kappa shape index (κ2) is 6.91. The SMILES string of the molecule is CCOc1cc([N+](=O)[O-])ccc1-c1ccc(/C=C/C(=O)Cl)o1. The Balaban J connectivity index is 2.39. The van der Waals surface area contributed by atoms with E-state index in [0.29, 0.717) is 29.4 Å². The molecule has 2 rings (SSSR count). The Bertz CT molecular complexity index is 735. The Morgan fingerprint density at radius 3 is 2.82 bits per heavy atom. The van der Waals surface area contributed by atoms with Gasteiger partial charge in [0.15, 0.2) is 0 Å². The molecule has 0 aliphatic carbocycles. The monoisotopic (exact) mass is 321 g/mol. The predicted octanol–water partition coefficient (Wildman–Crippen LogP) is 4.03. The molecule has 0 amide bonds. The van der Waals surface area contributed by atoms with Crippen LogP contribution >= 0.6 is 11.6 Å². The summed E-state index contributed by atoms with van der Waals surface area (Å²) >= 11 is 5.21. The Hall–Kier alpha value is -2.60. The summed E-state index contributed by atoms with van der Waals surface area (Å²) in [6, 6.07) is 7.62. The van der Waals surface area contributed by atoms with Gasteiger partial charge in [0.2, 0.25) is 5.24 Å². The highest BCUT2D eigenvalue weighted by Gasteiger charge is 2.15. The fourth-order valence-corrected chi connectivity index (χ4v) is 1.90. The standard InChI is InChI=1S/C15H12ClNO5/c1-2-21-14-9-10(17(19)20)3-6-12(14)13-7-4-11(22-13)5-8-15(16)18/h3-9H,2H2,1H3/b8-5+. The Morgan fingerprint density at radius 2 is 2.18 bits per heavy atom. The highest BCUT2D eigenvalue weighted by atomic mass is 35.5. The normalized spacial score (nSPS) is 10.8. The van der Waals surface area contributed by atoms with E-state index in [2.05, 4.69) is 0 Å². The van der Waals surface area contributed by atoms with Crippen LogP contribution in [0.5, 0.6) is 5.75 Å². The zero-order valence-corrected chi connectivity index (χ0v) is 12.4. The number of nitro groups is 1. The van der Waals surface area contributed by atoms with Gasteiger partial charge in [-0.25, -0.2) is 0 Å². The molecule has 2 aromatic rings. The third kappa shape index (κ3) is 3.73. The maximum Gasteiger partial charge on any atom is 0.273 e. The number of allylic oxidation sites excluding steroid dienone is 1. The van der Waals surface area contributed by atoms with Crippen LogP contribution in [0.3, 0.4) is 0 Å². The summed E-state index contributed by atoms with van der Waals surface area (Å²) in [5.41, 5.74) is 0.524. The first kappa shape index (κ1) is 15.8. The predicted molar refractivity (Wildman–Crippen MR) is 81.9 cm³/mol. The Kier molecular flexibility index (Phi) is 4.95. The van der Waals surface area contributed by atoms with Crippen LogP contribution in [0.1, 0.15) is 12.7 Å². The van der Waals surface area contributed by atoms with Gasteiger partial charge in [-0.2, -0.15) is 0 Å². The lowest BCUT2D eigenvalue weighted by Gasteiger charge is -2.07. The first-order valence-corrected chi connectivity index (χ1v) is 6.78. The summed E-state index contributed by atoms with van der Waals surface area (Å²) in [7, 11) is 0. The largest absolute Gasteiger partial charge is 0.493 e. The number of nitro benzene ring substituents is 1. The Labute approximate surface area is 131 Å². The van der Waals surface area contributed by atoms with Crippen molar-refractivity contribution in [1.29, 1.82) is 0 Å². The lowest BCUT2D eigenvalue weighted by molar-refractivity contribution is -0.384. The fraction of sp³-hybridized carbons (Fsp3) is 0.133. The number of hydrogen-bond acceptors (Lipinski definition) is 5. The van der Waals surface area contributed by atoms with E-state index in [4.69, 9.17) is 20.8 Å². The highest BCUT2D eigenvalue weighted by Crippen LogP contribution is 2.34. The number of benzene rings is 1. The van der Waals surface area contributed by atoms with Gasteiger partial charge in [-0.3, -0.25) is 14.9 Å². The average Bonchev–Trinajstić information content (AvgIpc) is 2.94. The maximum absolute atomic E-state index is 10.8. The molecule has 0 radical (unpaired) electrons. The number of furan rings is 1. The van der Waals surface area contributed by atoms with E-state index in [1.807, 2.05) is 0 Å². The molecule has 1 aromatic heterocycles. The molecule has 0 unspecified atom stereocenters. The summed E-state index contributed by atoms with van der Waals surface area (Å²) in [5, 5.41) is 10.2. The summed E-state index contributed by atoms with van der Waals surface area (Å²) < 4.78 is 11.0. The quantitative estimate of drug-likeness (QED) is 0.347. The molecule has 0 N–H and O–H groups in total. The van der Waals surface area contributed by atoms with Crippen LogP contribution in [0.25, 0.3) is 17.4 Å². The zero-order chi connectivity index (χ0) is 16.1. The van der Waals surface area contributed by atoms with Crippen LogP contribution in [0, 0.1) is 10.1 Å². The van der Waals surface area contributed by atoms with Crippen molar-refractivity contribution in [2.75, 3.05) is 6.61 Å². The van der Waals surface area contributed by atoms with Gasteiger partial charge in [0.25, 0.3) is 5.69 Å². The van der Waals surface area contributed by atoms with E-state index in [0.717, 1.165) is 0 Å². The van der Waals surface area contributed by atoms with E-state index < -0.39 is 10.2 Å². The highest BCUT2D eigenvalue weighted by molar-refractivity contribution is 6.66. The van der Waals surface area contributed by atoms with Gasteiger partial charge in [0.05, 0.1) is 23.2 Å². The molecule has 0 aliphatic heterocycles. The first-order valence-electron chi connectivity index (χ1n) is 6.40. The number of halogens is 1. The minimum absolute atomic E-state index is 0.0633. The molecule has 114 valence electrons. The van der Waals surface area contributed by atoms with Gasteiger partial charge in [-0.05, 0) is 42.8 Å². The van der Waals surface area contributed by atoms with Crippen molar-refractivity contribution < 1.29 is 18.9 Å². The molecular formula is C15H12ClNO5. The zero-order valence-electron chi connectivity index (χ0n) is 11.6. The minimum atomic E-state index is -0.608. The summed E-state index contributed by atoms with van der Waals surface area (Å²) in [6.45, 7) is 2.15. The van der Waals surface area contributed by atoms with Crippen molar-refractivity contribution in [3.8, 4) is 17.1 Å². The van der Waals surface area contributed by atoms with Crippen molar-refractivity contribution in [3.05, 3.63) is 52.3 Å². The average molecular weight is 322 g/mol. The van der Waals surface area contributed by atoms with Crippen LogP contribution in [-0.2, 0) is 4.79 Å². The first-order chi connectivity index (χ1) is 10.5. The maximum atomic E-state index is 10.8. The number of hydrogen-bond donors (Lipinski definition) is 0. The van der Waals surface area contributed by atoms with E-state index >= 15 is 0 Å². The molecule has 1 heterocycles. The number of rotatable bonds is 6. The topological polar surface area (TPSA) is 82.6 Å². The minimum Gasteiger partial charge on any atom is -0.493 e. The van der Waals surface area contributed by atoms with Crippen LogP contribution in [0.15, 0.2) is 40.8 Å². The fourth-order valence-electron chi connectivity index (χ4n) is 1.84. The van der Waals surface area contributed by atoms with Gasteiger partial charge < -0.3 is 9.15 Å². The molecule has 0 spiro atoms. The number of carbonyl (C=O) groups is 1. The molecule has 6 nitrogen and oxygen atoms in total. The molecule has 0 aliphatic rings. The second-order valence-electron chi connectivity index (χ2n) is 4.21. The van der Waals surface area contributed by atoms with Crippen LogP contribution in [-0.4, -0.2) is 16.8 Å². The third-order valence-corrected chi connectivity index (χ3v) is 2.87. The third-order valence-electron chi connectivity index (χ3n) is 2.75. The summed E-state index contributed by atoms with van der Waals surface area (Å²) in [4.78, 5) is 21.0. The lowest BCUT2D eigenvalue weighted by atomic mass is 10.1. The molecular weight excluding hydrogens is 310 g/mol. The van der Waals surface area contributed by atoms with Crippen molar-refractivity contribution in [3.63, 3.8) is 0 Å². The van der Waals surface area contributed by atoms with Crippen molar-refractivity contribution in [2.45, 2.75) is 6.92 Å². The van der Waals surface area contributed by atoms with E-state index in [9.17, 15) is 14.9 Å². The van der Waals surface area contributed by atoms with Crippen LogP contribution < -0.4 is 4.74 Å². The molecule has 22 heavy (non-hydrogen) atoms. The molecule has 1 aromatic carbocycles. The summed E-state index contributed by atoms with van der Waals surface area (Å²) in [5.74, 6) is 1.26. The van der Waals surface area contributed by atoms with Gasteiger partial charge in [-0.1, -0.05) is 0 Å². The molecule has 7 heteroatoms. The molecule has 0 bridgehead atoms. The van der Waals surface area contributed by atoms with E-state index in [1.54, 1.807) is 25.1 Å². The molecule has 0 saturated heterocycles. The van der Waals surface area contributed by atoms with E-state index in [-0.39, 0.29) is 5.69 Å². The number of ether oxygens (including phenoxy) is 1. The van der Waals surface area contributed by atoms with Crippen molar-refractivity contribution >= 4 is 28.6 Å². The van der Waals surface area contributed by atoms with Crippen LogP contribution in [0.2, 0.25) is 0 Å². The van der Waals surface area contributed by atoms with Crippen molar-refractivity contribution in [2.24, 2.45) is 0 Å². The van der Waals surface area contributed by atoms with Crippen molar-refractivity contribution in [1.82, 2.24) is 0 Å². The van der Waals surface area contributed by atoms with Gasteiger partial charge >= 0.3 is 0 Å². The number of non-ortho nitro benzene ring substituents is 1. The smallest absolute Gasteiger partial charge is 0.273 e. The number of nitrogens with zero attached hydrogens (tertiary/aromatic N) is 1. The van der Waals surface area contributed by atoms with Gasteiger partial charge in [-0.15, -0.1) is 0 Å². The molecule has 0 fully saturated rings. The number of carbonyl (C=O) groups excluding carboxylic acids is 1. The molecule has 0 saturated carbocycles. The molecule has 0 atom stereocenters. The summed E-state index contributed by atoms with van der Waals surface area (Å²) in [6.07, 6.45) is 2.61. The second-order valence-corrected chi connectivity index (χ2v) is 4.58. The van der Waals surface area contributed by atoms with Crippen LogP contribution in [0.4, 0.5) is 5.69 Å².